The number of anilines is 2. The van der Waals surface area contributed by atoms with E-state index in [4.69, 9.17) is 15.2 Å². The van der Waals surface area contributed by atoms with E-state index < -0.39 is 0 Å². The zero-order valence-corrected chi connectivity index (χ0v) is 14.1. The molecule has 26 heavy (non-hydrogen) atoms. The maximum Gasteiger partial charge on any atom is 0.254 e. The predicted molar refractivity (Wildman–Crippen MR) is 94.3 cm³/mol. The Bertz CT molecular complexity index is 889. The van der Waals surface area contributed by atoms with E-state index in [-0.39, 0.29) is 24.2 Å². The number of nitrogens with one attached hydrogen (secondary N) is 1. The molecule has 0 radical (unpaired) electrons. The topological polar surface area (TPSA) is 114 Å². The van der Waals surface area contributed by atoms with Crippen LogP contribution in [0.15, 0.2) is 29.1 Å². The Hall–Kier alpha value is -3.23. The van der Waals surface area contributed by atoms with Crippen molar-refractivity contribution >= 4 is 17.7 Å². The molecule has 3 N–H and O–H groups in total. The van der Waals surface area contributed by atoms with Crippen molar-refractivity contribution in [2.75, 3.05) is 43.6 Å². The highest BCUT2D eigenvalue weighted by molar-refractivity contribution is 5.79. The first-order valence-corrected chi connectivity index (χ1v) is 8.36. The molecule has 1 saturated heterocycles. The van der Waals surface area contributed by atoms with Crippen molar-refractivity contribution in [1.29, 1.82) is 0 Å². The molecule has 136 valence electrons. The number of carbonyl (C=O) groups is 1. The van der Waals surface area contributed by atoms with Crippen LogP contribution in [-0.4, -0.2) is 53.7 Å². The molecule has 4 rings (SSSR count). The number of piperazine rings is 1. The summed E-state index contributed by atoms with van der Waals surface area (Å²) in [4.78, 5) is 34.4. The van der Waals surface area contributed by atoms with Crippen molar-refractivity contribution in [1.82, 2.24) is 14.9 Å². The van der Waals surface area contributed by atoms with E-state index in [1.807, 2.05) is 28.0 Å². The van der Waals surface area contributed by atoms with Gasteiger partial charge < -0.3 is 25.0 Å². The lowest BCUT2D eigenvalue weighted by atomic mass is 10.1. The molecule has 2 aromatic rings. The third-order valence-electron chi connectivity index (χ3n) is 4.50. The first-order valence-electron chi connectivity index (χ1n) is 8.36. The van der Waals surface area contributed by atoms with Crippen molar-refractivity contribution in [3.63, 3.8) is 0 Å². The molecule has 0 spiro atoms. The fourth-order valence-corrected chi connectivity index (χ4v) is 3.15. The maximum absolute atomic E-state index is 12.6. The third kappa shape index (κ3) is 3.28. The molecule has 1 amide bonds. The number of benzene rings is 1. The summed E-state index contributed by atoms with van der Waals surface area (Å²) in [7, 11) is 0. The molecule has 0 unspecified atom stereocenters. The average molecular weight is 357 g/mol. The monoisotopic (exact) mass is 357 g/mol. The van der Waals surface area contributed by atoms with Gasteiger partial charge in [0, 0.05) is 32.2 Å². The van der Waals surface area contributed by atoms with Gasteiger partial charge in [0.15, 0.2) is 11.5 Å². The minimum absolute atomic E-state index is 0.0573. The standard InChI is InChI=1S/C17H19N5O4/c18-17-19-14(9-15(23)20-17)21-3-5-22(6-4-21)16(24)8-11-1-2-12-13(7-11)26-10-25-12/h1-2,7,9H,3-6,8,10H2,(H3,18,19,20,23). The van der Waals surface area contributed by atoms with Crippen molar-refractivity contribution in [2.24, 2.45) is 0 Å². The van der Waals surface area contributed by atoms with E-state index in [0.29, 0.717) is 49.9 Å². The second-order valence-electron chi connectivity index (χ2n) is 6.22. The number of aromatic amines is 1. The Kier molecular flexibility index (Phi) is 4.11. The molecule has 9 heteroatoms. The zero-order chi connectivity index (χ0) is 18.1. The molecule has 0 aliphatic carbocycles. The van der Waals surface area contributed by atoms with Gasteiger partial charge in [-0.1, -0.05) is 6.07 Å². The molecule has 1 aromatic carbocycles. The van der Waals surface area contributed by atoms with E-state index in [1.54, 1.807) is 0 Å². The number of hydrogen-bond donors (Lipinski definition) is 2. The van der Waals surface area contributed by atoms with Crippen LogP contribution in [0.5, 0.6) is 11.5 Å². The summed E-state index contributed by atoms with van der Waals surface area (Å²) in [6.07, 6.45) is 0.312. The number of aromatic nitrogens is 2. The number of fused-ring (bicyclic) bond motifs is 1. The van der Waals surface area contributed by atoms with Gasteiger partial charge in [0.05, 0.1) is 6.42 Å². The van der Waals surface area contributed by atoms with E-state index in [1.165, 1.54) is 6.07 Å². The zero-order valence-electron chi connectivity index (χ0n) is 14.1. The van der Waals surface area contributed by atoms with Gasteiger partial charge in [0.2, 0.25) is 18.6 Å². The summed E-state index contributed by atoms with van der Waals surface area (Å²) in [5.74, 6) is 2.07. The van der Waals surface area contributed by atoms with Crippen LogP contribution in [0.2, 0.25) is 0 Å². The molecule has 9 nitrogen and oxygen atoms in total. The first kappa shape index (κ1) is 16.2. The van der Waals surface area contributed by atoms with Crippen molar-refractivity contribution in [2.45, 2.75) is 6.42 Å². The minimum atomic E-state index is -0.284. The van der Waals surface area contributed by atoms with E-state index in [2.05, 4.69) is 9.97 Å². The van der Waals surface area contributed by atoms with Crippen molar-refractivity contribution in [3.05, 3.63) is 40.2 Å². The molecule has 3 heterocycles. The van der Waals surface area contributed by atoms with Crippen LogP contribution in [-0.2, 0) is 11.2 Å². The molecule has 0 bridgehead atoms. The first-order chi connectivity index (χ1) is 12.6. The number of nitrogens with zero attached hydrogens (tertiary/aromatic N) is 3. The Morgan fingerprint density at radius 2 is 1.92 bits per heavy atom. The highest BCUT2D eigenvalue weighted by Crippen LogP contribution is 2.32. The van der Waals surface area contributed by atoms with Crippen molar-refractivity contribution in [3.8, 4) is 11.5 Å². The number of nitrogens with two attached hydrogens (primary N) is 1. The molecule has 2 aliphatic rings. The van der Waals surface area contributed by atoms with Gasteiger partial charge in [0.1, 0.15) is 5.82 Å². The third-order valence-corrected chi connectivity index (χ3v) is 4.50. The number of hydrogen-bond acceptors (Lipinski definition) is 7. The quantitative estimate of drug-likeness (QED) is 0.793. The second kappa shape index (κ2) is 6.58. The summed E-state index contributed by atoms with van der Waals surface area (Å²) in [6, 6.07) is 6.97. The van der Waals surface area contributed by atoms with Gasteiger partial charge in [-0.25, -0.2) is 0 Å². The van der Waals surface area contributed by atoms with Crippen LogP contribution in [0, 0.1) is 0 Å². The van der Waals surface area contributed by atoms with Crippen LogP contribution in [0.4, 0.5) is 11.8 Å². The second-order valence-corrected chi connectivity index (χ2v) is 6.22. The lowest BCUT2D eigenvalue weighted by Crippen LogP contribution is -2.49. The van der Waals surface area contributed by atoms with Gasteiger partial charge in [-0.3, -0.25) is 14.6 Å². The molecule has 1 fully saturated rings. The van der Waals surface area contributed by atoms with E-state index >= 15 is 0 Å². The highest BCUT2D eigenvalue weighted by Gasteiger charge is 2.23. The number of carbonyl (C=O) groups excluding carboxylic acids is 1. The molecular weight excluding hydrogens is 338 g/mol. The fourth-order valence-electron chi connectivity index (χ4n) is 3.15. The Morgan fingerprint density at radius 1 is 1.15 bits per heavy atom. The molecular formula is C17H19N5O4. The summed E-state index contributed by atoms with van der Waals surface area (Å²) < 4.78 is 10.6. The molecule has 2 aliphatic heterocycles. The highest BCUT2D eigenvalue weighted by atomic mass is 16.7. The van der Waals surface area contributed by atoms with Gasteiger partial charge in [-0.2, -0.15) is 4.98 Å². The van der Waals surface area contributed by atoms with Gasteiger partial charge in [0.25, 0.3) is 5.56 Å². The smallest absolute Gasteiger partial charge is 0.254 e. The molecule has 0 atom stereocenters. The number of ether oxygens (including phenoxy) is 2. The Labute approximate surface area is 149 Å². The number of amides is 1. The lowest BCUT2D eigenvalue weighted by Gasteiger charge is -2.35. The largest absolute Gasteiger partial charge is 0.454 e. The van der Waals surface area contributed by atoms with E-state index in [9.17, 15) is 9.59 Å². The van der Waals surface area contributed by atoms with Gasteiger partial charge in [-0.15, -0.1) is 0 Å². The predicted octanol–water partition coefficient (Wildman–Crippen LogP) is -0.0279. The normalized spacial score (nSPS) is 16.0. The van der Waals surface area contributed by atoms with Gasteiger partial charge in [-0.05, 0) is 17.7 Å². The molecule has 0 saturated carbocycles. The summed E-state index contributed by atoms with van der Waals surface area (Å²) >= 11 is 0. The average Bonchev–Trinajstić information content (AvgIpc) is 3.09. The van der Waals surface area contributed by atoms with Crippen LogP contribution in [0.1, 0.15) is 5.56 Å². The van der Waals surface area contributed by atoms with Crippen LogP contribution in [0.25, 0.3) is 0 Å². The summed E-state index contributed by atoms with van der Waals surface area (Å²) in [5, 5.41) is 0. The number of H-pyrrole nitrogens is 1. The van der Waals surface area contributed by atoms with Crippen LogP contribution >= 0.6 is 0 Å². The number of nitrogen functional groups attached to an aromatic ring is 1. The van der Waals surface area contributed by atoms with Crippen LogP contribution in [0.3, 0.4) is 0 Å². The van der Waals surface area contributed by atoms with E-state index in [0.717, 1.165) is 5.56 Å². The minimum Gasteiger partial charge on any atom is -0.454 e. The Morgan fingerprint density at radius 3 is 2.69 bits per heavy atom. The number of rotatable bonds is 3. The van der Waals surface area contributed by atoms with Crippen LogP contribution < -0.4 is 25.7 Å². The maximum atomic E-state index is 12.6. The fraction of sp³-hybridized carbons (Fsp3) is 0.353. The SMILES string of the molecule is Nc1nc(N2CCN(C(=O)Cc3ccc4c(c3)OCO4)CC2)cc(=O)[nH]1. The summed E-state index contributed by atoms with van der Waals surface area (Å²) in [5.41, 5.74) is 6.20. The summed E-state index contributed by atoms with van der Waals surface area (Å²) in [6.45, 7) is 2.55. The van der Waals surface area contributed by atoms with Gasteiger partial charge >= 0.3 is 0 Å². The van der Waals surface area contributed by atoms with Crippen molar-refractivity contribution < 1.29 is 14.3 Å². The Balaban J connectivity index is 1.37. The lowest BCUT2D eigenvalue weighted by molar-refractivity contribution is -0.130. The molecule has 1 aromatic heterocycles.